The van der Waals surface area contributed by atoms with Crippen molar-refractivity contribution < 1.29 is 9.53 Å². The van der Waals surface area contributed by atoms with Gasteiger partial charge in [0.15, 0.2) is 0 Å². The van der Waals surface area contributed by atoms with Crippen molar-refractivity contribution in [3.8, 4) is 0 Å². The van der Waals surface area contributed by atoms with Crippen LogP contribution in [0.1, 0.15) is 51.6 Å². The summed E-state index contributed by atoms with van der Waals surface area (Å²) in [6.45, 7) is 9.40. The zero-order valence-corrected chi connectivity index (χ0v) is 15.0. The van der Waals surface area contributed by atoms with Gasteiger partial charge in [-0.25, -0.2) is 9.78 Å². The van der Waals surface area contributed by atoms with Crippen LogP contribution in [0.4, 0.5) is 4.79 Å². The lowest BCUT2D eigenvalue weighted by Crippen LogP contribution is -2.50. The number of thiazole rings is 1. The third kappa shape index (κ3) is 4.43. The quantitative estimate of drug-likeness (QED) is 0.853. The van der Waals surface area contributed by atoms with E-state index in [1.54, 1.807) is 11.3 Å². The lowest BCUT2D eigenvalue weighted by molar-refractivity contribution is 0.00972. The van der Waals surface area contributed by atoms with E-state index in [-0.39, 0.29) is 12.1 Å². The third-order valence-corrected chi connectivity index (χ3v) is 4.99. The first-order chi connectivity index (χ1) is 10.3. The van der Waals surface area contributed by atoms with Gasteiger partial charge in [-0.2, -0.15) is 0 Å². The number of likely N-dealkylation sites (tertiary alicyclic amines) is 1. The first-order valence-electron chi connectivity index (χ1n) is 7.87. The largest absolute Gasteiger partial charge is 0.444 e. The van der Waals surface area contributed by atoms with E-state index in [9.17, 15) is 4.79 Å². The molecule has 0 aromatic carbocycles. The predicted molar refractivity (Wildman–Crippen MR) is 89.1 cm³/mol. The molecule has 0 unspecified atom stereocenters. The number of hydrogen-bond donors (Lipinski definition) is 0. The molecule has 1 aliphatic rings. The van der Waals surface area contributed by atoms with Crippen LogP contribution in [0.25, 0.3) is 0 Å². The van der Waals surface area contributed by atoms with Gasteiger partial charge < -0.3 is 9.64 Å². The van der Waals surface area contributed by atoms with Gasteiger partial charge in [0.2, 0.25) is 0 Å². The number of rotatable bonds is 3. The number of carbonyl (C=O) groups is 1. The highest BCUT2D eigenvalue weighted by atomic mass is 32.1. The molecule has 0 aliphatic carbocycles. The molecular weight excluding hydrogens is 298 g/mol. The van der Waals surface area contributed by atoms with E-state index in [2.05, 4.69) is 23.9 Å². The van der Waals surface area contributed by atoms with Gasteiger partial charge in [0, 0.05) is 30.7 Å². The fourth-order valence-corrected chi connectivity index (χ4v) is 3.46. The lowest BCUT2D eigenvalue weighted by atomic mass is 10.0. The number of ether oxygens (including phenoxy) is 1. The van der Waals surface area contributed by atoms with Gasteiger partial charge >= 0.3 is 6.09 Å². The number of aromatic nitrogens is 1. The second-order valence-corrected chi connectivity index (χ2v) is 7.86. The van der Waals surface area contributed by atoms with Crippen LogP contribution in [0.2, 0.25) is 0 Å². The molecule has 1 amide bonds. The topological polar surface area (TPSA) is 45.7 Å². The number of likely N-dealkylation sites (N-methyl/N-ethyl adjacent to an activating group) is 1. The van der Waals surface area contributed by atoms with Crippen LogP contribution < -0.4 is 0 Å². The summed E-state index contributed by atoms with van der Waals surface area (Å²) in [6.07, 6.45) is 3.76. The van der Waals surface area contributed by atoms with E-state index in [0.29, 0.717) is 6.04 Å². The minimum Gasteiger partial charge on any atom is -0.444 e. The Hall–Kier alpha value is -1.14. The molecule has 1 aliphatic heterocycles. The van der Waals surface area contributed by atoms with Crippen LogP contribution in [-0.2, 0) is 4.74 Å². The van der Waals surface area contributed by atoms with Gasteiger partial charge in [0.05, 0.1) is 6.04 Å². The first kappa shape index (κ1) is 17.2. The first-order valence-corrected chi connectivity index (χ1v) is 8.75. The number of hydrogen-bond acceptors (Lipinski definition) is 5. The molecule has 0 saturated carbocycles. The summed E-state index contributed by atoms with van der Waals surface area (Å²) in [6, 6.07) is 0.615. The maximum atomic E-state index is 12.3. The van der Waals surface area contributed by atoms with Crippen LogP contribution in [0, 0.1) is 0 Å². The lowest BCUT2D eigenvalue weighted by Gasteiger charge is -2.40. The van der Waals surface area contributed by atoms with Crippen LogP contribution >= 0.6 is 11.3 Å². The second-order valence-electron chi connectivity index (χ2n) is 6.93. The van der Waals surface area contributed by atoms with Crippen molar-refractivity contribution in [2.75, 3.05) is 20.1 Å². The van der Waals surface area contributed by atoms with Crippen molar-refractivity contribution >= 4 is 17.4 Å². The Bertz CT molecular complexity index is 484. The Labute approximate surface area is 137 Å². The molecule has 6 heteroatoms. The molecule has 0 spiro atoms. The van der Waals surface area contributed by atoms with Crippen molar-refractivity contribution in [2.24, 2.45) is 0 Å². The summed E-state index contributed by atoms with van der Waals surface area (Å²) in [7, 11) is 2.12. The normalized spacial score (nSPS) is 21.0. The third-order valence-electron chi connectivity index (χ3n) is 4.04. The number of amides is 1. The Balaban J connectivity index is 1.96. The Kier molecular flexibility index (Phi) is 5.45. The van der Waals surface area contributed by atoms with Crippen LogP contribution in [0.3, 0.4) is 0 Å². The van der Waals surface area contributed by atoms with E-state index >= 15 is 0 Å². The minimum absolute atomic E-state index is 0.201. The molecule has 2 rings (SSSR count). The van der Waals surface area contributed by atoms with Gasteiger partial charge in [0.1, 0.15) is 10.6 Å². The molecule has 0 bridgehead atoms. The number of piperidine rings is 1. The fourth-order valence-electron chi connectivity index (χ4n) is 2.71. The Morgan fingerprint density at radius 3 is 2.86 bits per heavy atom. The van der Waals surface area contributed by atoms with Crippen LogP contribution in [0.5, 0.6) is 0 Å². The summed E-state index contributed by atoms with van der Waals surface area (Å²) in [4.78, 5) is 20.8. The van der Waals surface area contributed by atoms with Crippen molar-refractivity contribution in [2.45, 2.75) is 58.2 Å². The van der Waals surface area contributed by atoms with E-state index in [4.69, 9.17) is 4.74 Å². The van der Waals surface area contributed by atoms with Crippen LogP contribution in [-0.4, -0.2) is 52.7 Å². The van der Waals surface area contributed by atoms with E-state index in [0.717, 1.165) is 30.9 Å². The van der Waals surface area contributed by atoms with Gasteiger partial charge in [-0.05, 0) is 47.6 Å². The molecule has 1 aromatic heterocycles. The Morgan fingerprint density at radius 2 is 2.27 bits per heavy atom. The number of nitrogens with zero attached hydrogens (tertiary/aromatic N) is 3. The van der Waals surface area contributed by atoms with E-state index in [1.165, 1.54) is 0 Å². The second kappa shape index (κ2) is 6.96. The highest BCUT2D eigenvalue weighted by Crippen LogP contribution is 2.26. The smallest absolute Gasteiger partial charge is 0.410 e. The fraction of sp³-hybridized carbons (Fsp3) is 0.750. The van der Waals surface area contributed by atoms with Gasteiger partial charge in [-0.15, -0.1) is 11.3 Å². The van der Waals surface area contributed by atoms with Crippen molar-refractivity contribution in [1.29, 1.82) is 0 Å². The summed E-state index contributed by atoms with van der Waals surface area (Å²) < 4.78 is 5.50. The summed E-state index contributed by atoms with van der Waals surface area (Å²) in [5.74, 6) is 0. The summed E-state index contributed by atoms with van der Waals surface area (Å²) >= 11 is 1.68. The SMILES string of the molecule is C[C@@H](c1nccs1)N(C)[C@@H]1CCCN(C(=O)OC(C)(C)C)C1. The molecule has 1 fully saturated rings. The molecule has 22 heavy (non-hydrogen) atoms. The zero-order valence-electron chi connectivity index (χ0n) is 14.2. The Morgan fingerprint density at radius 1 is 1.55 bits per heavy atom. The van der Waals surface area contributed by atoms with E-state index in [1.807, 2.05) is 37.2 Å². The van der Waals surface area contributed by atoms with Gasteiger partial charge in [0.25, 0.3) is 0 Å². The molecule has 0 radical (unpaired) electrons. The average Bonchev–Trinajstić information content (AvgIpc) is 2.98. The maximum Gasteiger partial charge on any atom is 0.410 e. The minimum atomic E-state index is -0.440. The molecule has 5 nitrogen and oxygen atoms in total. The zero-order chi connectivity index (χ0) is 16.3. The number of carbonyl (C=O) groups excluding carboxylic acids is 1. The van der Waals surface area contributed by atoms with Gasteiger partial charge in [-0.1, -0.05) is 0 Å². The van der Waals surface area contributed by atoms with Crippen molar-refractivity contribution in [1.82, 2.24) is 14.8 Å². The highest BCUT2D eigenvalue weighted by molar-refractivity contribution is 7.09. The maximum absolute atomic E-state index is 12.3. The standard InChI is InChI=1S/C16H27N3O2S/c1-12(14-17-8-10-22-14)18(5)13-7-6-9-19(11-13)15(20)21-16(2,3)4/h8,10,12-13H,6-7,9,11H2,1-5H3/t12-,13+/m0/s1. The van der Waals surface area contributed by atoms with E-state index < -0.39 is 5.60 Å². The van der Waals surface area contributed by atoms with Crippen LogP contribution in [0.15, 0.2) is 11.6 Å². The predicted octanol–water partition coefficient (Wildman–Crippen LogP) is 3.54. The molecular formula is C16H27N3O2S. The molecule has 124 valence electrons. The highest BCUT2D eigenvalue weighted by Gasteiger charge is 2.31. The monoisotopic (exact) mass is 325 g/mol. The summed E-state index contributed by atoms with van der Waals surface area (Å²) in [5, 5.41) is 3.13. The molecule has 2 heterocycles. The van der Waals surface area contributed by atoms with Crippen molar-refractivity contribution in [3.63, 3.8) is 0 Å². The van der Waals surface area contributed by atoms with Gasteiger partial charge in [-0.3, -0.25) is 4.90 Å². The average molecular weight is 325 g/mol. The molecule has 1 aromatic rings. The summed E-state index contributed by atoms with van der Waals surface area (Å²) in [5.41, 5.74) is -0.440. The van der Waals surface area contributed by atoms with Crippen molar-refractivity contribution in [3.05, 3.63) is 16.6 Å². The molecule has 0 N–H and O–H groups in total. The molecule has 1 saturated heterocycles. The molecule has 2 atom stereocenters.